The van der Waals surface area contributed by atoms with Crippen LogP contribution in [-0.2, 0) is 0 Å². The minimum atomic E-state index is -0.190. The van der Waals surface area contributed by atoms with Crippen molar-refractivity contribution < 1.29 is 9.53 Å². The number of para-hydroxylation sites is 1. The molecule has 1 atom stereocenters. The van der Waals surface area contributed by atoms with E-state index < -0.39 is 0 Å². The van der Waals surface area contributed by atoms with Crippen LogP contribution in [0.4, 0.5) is 5.69 Å². The molecule has 4 rings (SSSR count). The Balaban J connectivity index is 1.68. The SMILES string of the molecule is C[C@@H]1CN(C(=O)c2csc(-c3cnccn3)n2)c2cccc(Cl)c2O1. The molecule has 0 saturated heterocycles. The lowest BCUT2D eigenvalue weighted by Crippen LogP contribution is -2.42. The van der Waals surface area contributed by atoms with Gasteiger partial charge in [-0.25, -0.2) is 4.98 Å². The molecule has 0 fully saturated rings. The van der Waals surface area contributed by atoms with Crippen molar-refractivity contribution in [2.24, 2.45) is 0 Å². The third-order valence-electron chi connectivity index (χ3n) is 3.75. The highest BCUT2D eigenvalue weighted by molar-refractivity contribution is 7.13. The number of rotatable bonds is 2. The van der Waals surface area contributed by atoms with E-state index >= 15 is 0 Å². The third kappa shape index (κ3) is 2.96. The van der Waals surface area contributed by atoms with Crippen molar-refractivity contribution in [1.29, 1.82) is 0 Å². The van der Waals surface area contributed by atoms with E-state index in [1.165, 1.54) is 11.3 Å². The lowest BCUT2D eigenvalue weighted by molar-refractivity contribution is 0.0957. The molecule has 0 radical (unpaired) electrons. The number of benzene rings is 1. The van der Waals surface area contributed by atoms with Crippen molar-refractivity contribution in [3.05, 3.63) is 52.9 Å². The summed E-state index contributed by atoms with van der Waals surface area (Å²) < 4.78 is 5.79. The van der Waals surface area contributed by atoms with Gasteiger partial charge in [0.2, 0.25) is 0 Å². The summed E-state index contributed by atoms with van der Waals surface area (Å²) in [5, 5.41) is 2.88. The highest BCUT2D eigenvalue weighted by Gasteiger charge is 2.31. The Morgan fingerprint density at radius 2 is 2.28 bits per heavy atom. The first-order chi connectivity index (χ1) is 12.1. The quantitative estimate of drug-likeness (QED) is 0.686. The maximum Gasteiger partial charge on any atom is 0.278 e. The number of thiazole rings is 1. The van der Waals surface area contributed by atoms with E-state index in [0.717, 1.165) is 0 Å². The first-order valence-electron chi connectivity index (χ1n) is 7.62. The monoisotopic (exact) mass is 372 g/mol. The van der Waals surface area contributed by atoms with Crippen molar-refractivity contribution >= 4 is 34.5 Å². The van der Waals surface area contributed by atoms with Gasteiger partial charge in [-0.1, -0.05) is 17.7 Å². The Labute approximate surface area is 153 Å². The average molecular weight is 373 g/mol. The fraction of sp³-hybridized carbons (Fsp3) is 0.176. The second-order valence-corrected chi connectivity index (χ2v) is 6.83. The number of halogens is 1. The largest absolute Gasteiger partial charge is 0.485 e. The van der Waals surface area contributed by atoms with Gasteiger partial charge < -0.3 is 4.74 Å². The summed E-state index contributed by atoms with van der Waals surface area (Å²) in [6.07, 6.45) is 4.66. The number of carbonyl (C=O) groups is 1. The second-order valence-electron chi connectivity index (χ2n) is 5.56. The number of carbonyl (C=O) groups excluding carboxylic acids is 1. The summed E-state index contributed by atoms with van der Waals surface area (Å²) in [5.41, 5.74) is 1.67. The van der Waals surface area contributed by atoms with Gasteiger partial charge >= 0.3 is 0 Å². The summed E-state index contributed by atoms with van der Waals surface area (Å²) in [6, 6.07) is 5.36. The number of hydrogen-bond acceptors (Lipinski definition) is 6. The maximum atomic E-state index is 13.0. The van der Waals surface area contributed by atoms with Crippen LogP contribution in [-0.4, -0.2) is 33.5 Å². The smallest absolute Gasteiger partial charge is 0.278 e. The molecule has 0 saturated carbocycles. The summed E-state index contributed by atoms with van der Waals surface area (Å²) in [5.74, 6) is 0.339. The average Bonchev–Trinajstić information content (AvgIpc) is 3.12. The van der Waals surface area contributed by atoms with Gasteiger partial charge in [0.1, 0.15) is 22.5 Å². The zero-order valence-corrected chi connectivity index (χ0v) is 14.8. The Kier molecular flexibility index (Phi) is 4.10. The van der Waals surface area contributed by atoms with Crippen LogP contribution in [0.3, 0.4) is 0 Å². The van der Waals surface area contributed by atoms with Gasteiger partial charge in [-0.2, -0.15) is 0 Å². The first-order valence-corrected chi connectivity index (χ1v) is 8.88. The predicted octanol–water partition coefficient (Wildman–Crippen LogP) is 3.68. The van der Waals surface area contributed by atoms with Crippen LogP contribution < -0.4 is 9.64 Å². The molecule has 0 unspecified atom stereocenters. The van der Waals surface area contributed by atoms with Crippen molar-refractivity contribution in [3.63, 3.8) is 0 Å². The molecule has 1 aliphatic rings. The molecule has 0 bridgehead atoms. The molecule has 6 nitrogen and oxygen atoms in total. The number of fused-ring (bicyclic) bond motifs is 1. The fourth-order valence-electron chi connectivity index (χ4n) is 2.65. The molecule has 0 spiro atoms. The molecule has 3 aromatic rings. The van der Waals surface area contributed by atoms with Gasteiger partial charge in [-0.15, -0.1) is 11.3 Å². The number of ether oxygens (including phenoxy) is 1. The molecule has 3 heterocycles. The van der Waals surface area contributed by atoms with E-state index in [0.29, 0.717) is 39.4 Å². The Hall–Kier alpha value is -2.51. The maximum absolute atomic E-state index is 13.0. The molecular formula is C17H13ClN4O2S. The Morgan fingerprint density at radius 1 is 1.40 bits per heavy atom. The zero-order valence-electron chi connectivity index (χ0n) is 13.2. The topological polar surface area (TPSA) is 68.2 Å². The molecule has 8 heteroatoms. The minimum absolute atomic E-state index is 0.158. The van der Waals surface area contributed by atoms with Crippen LogP contribution in [0.15, 0.2) is 42.2 Å². The number of anilines is 1. The van der Waals surface area contributed by atoms with Gasteiger partial charge in [0, 0.05) is 17.8 Å². The standard InChI is InChI=1S/C17H13ClN4O2S/c1-10-8-22(14-4-2-3-11(18)15(14)24-10)17(23)13-9-25-16(21-13)12-7-19-5-6-20-12/h2-7,9-10H,8H2,1H3/t10-/m1/s1. The molecule has 1 amide bonds. The van der Waals surface area contributed by atoms with Crippen LogP contribution in [0.25, 0.3) is 10.7 Å². The molecular weight excluding hydrogens is 360 g/mol. The summed E-state index contributed by atoms with van der Waals surface area (Å²) in [6.45, 7) is 2.34. The normalized spacial score (nSPS) is 16.2. The van der Waals surface area contributed by atoms with Crippen LogP contribution in [0, 0.1) is 0 Å². The first kappa shape index (κ1) is 16.0. The van der Waals surface area contributed by atoms with Crippen LogP contribution in [0.1, 0.15) is 17.4 Å². The van der Waals surface area contributed by atoms with Crippen LogP contribution in [0.5, 0.6) is 5.75 Å². The van der Waals surface area contributed by atoms with Gasteiger partial charge in [-0.05, 0) is 19.1 Å². The number of nitrogens with zero attached hydrogens (tertiary/aromatic N) is 4. The van der Waals surface area contributed by atoms with Gasteiger partial charge in [0.15, 0.2) is 5.75 Å². The third-order valence-corrected chi connectivity index (χ3v) is 4.91. The van der Waals surface area contributed by atoms with E-state index in [-0.39, 0.29) is 12.0 Å². The molecule has 25 heavy (non-hydrogen) atoms. The number of hydrogen-bond donors (Lipinski definition) is 0. The lowest BCUT2D eigenvalue weighted by Gasteiger charge is -2.33. The van der Waals surface area contributed by atoms with Crippen molar-refractivity contribution in [2.75, 3.05) is 11.4 Å². The number of amides is 1. The van der Waals surface area contributed by atoms with Crippen molar-refractivity contribution in [1.82, 2.24) is 15.0 Å². The molecule has 126 valence electrons. The minimum Gasteiger partial charge on any atom is -0.485 e. The van der Waals surface area contributed by atoms with Crippen molar-refractivity contribution in [2.45, 2.75) is 13.0 Å². The summed E-state index contributed by atoms with van der Waals surface area (Å²) in [7, 11) is 0. The predicted molar refractivity (Wildman–Crippen MR) is 96.4 cm³/mol. The van der Waals surface area contributed by atoms with Crippen LogP contribution >= 0.6 is 22.9 Å². The second kappa shape index (κ2) is 6.42. The molecule has 0 aliphatic carbocycles. The van der Waals surface area contributed by atoms with E-state index in [1.54, 1.807) is 41.0 Å². The van der Waals surface area contributed by atoms with Gasteiger partial charge in [0.05, 0.1) is 23.5 Å². The van der Waals surface area contributed by atoms with E-state index in [2.05, 4.69) is 15.0 Å². The Morgan fingerprint density at radius 3 is 3.08 bits per heavy atom. The fourth-order valence-corrected chi connectivity index (χ4v) is 3.62. The molecule has 0 N–H and O–H groups in total. The number of aromatic nitrogens is 3. The van der Waals surface area contributed by atoms with Crippen LogP contribution in [0.2, 0.25) is 5.02 Å². The van der Waals surface area contributed by atoms with Gasteiger partial charge in [-0.3, -0.25) is 19.7 Å². The zero-order chi connectivity index (χ0) is 17.4. The molecule has 2 aromatic heterocycles. The molecule has 1 aromatic carbocycles. The lowest BCUT2D eigenvalue weighted by atomic mass is 10.2. The Bertz CT molecular complexity index is 931. The highest BCUT2D eigenvalue weighted by atomic mass is 35.5. The van der Waals surface area contributed by atoms with E-state index in [1.807, 2.05) is 13.0 Å². The highest BCUT2D eigenvalue weighted by Crippen LogP contribution is 2.40. The van der Waals surface area contributed by atoms with Crippen molar-refractivity contribution in [3.8, 4) is 16.5 Å². The van der Waals surface area contributed by atoms with Gasteiger partial charge in [0.25, 0.3) is 5.91 Å². The van der Waals surface area contributed by atoms with E-state index in [4.69, 9.17) is 16.3 Å². The summed E-state index contributed by atoms with van der Waals surface area (Å²) in [4.78, 5) is 27.3. The summed E-state index contributed by atoms with van der Waals surface area (Å²) >= 11 is 7.58. The molecule has 1 aliphatic heterocycles. The van der Waals surface area contributed by atoms with E-state index in [9.17, 15) is 4.79 Å².